The van der Waals surface area contributed by atoms with E-state index in [2.05, 4.69) is 42.9 Å². The Morgan fingerprint density at radius 2 is 1.20 bits per heavy atom. The molecule has 0 bridgehead atoms. The van der Waals surface area contributed by atoms with Crippen molar-refractivity contribution < 1.29 is 0 Å². The van der Waals surface area contributed by atoms with E-state index in [1.807, 2.05) is 12.2 Å². The molecule has 0 fully saturated rings. The molecule has 0 aromatic carbocycles. The molecule has 0 saturated heterocycles. The second kappa shape index (κ2) is 21.3. The van der Waals surface area contributed by atoms with Crippen LogP contribution in [0.3, 0.4) is 0 Å². The molecule has 1 heteroatoms. The molecule has 0 rings (SSSR count). The summed E-state index contributed by atoms with van der Waals surface area (Å²) in [5, 5.41) is 1.15. The van der Waals surface area contributed by atoms with Crippen molar-refractivity contribution in [2.24, 2.45) is 5.92 Å². The smallest absolute Gasteiger partial charge is 0.00313 e. The summed E-state index contributed by atoms with van der Waals surface area (Å²) in [7, 11) is 0. The van der Waals surface area contributed by atoms with E-state index < -0.39 is 0 Å². The summed E-state index contributed by atoms with van der Waals surface area (Å²) >= 11 is 3.40. The van der Waals surface area contributed by atoms with E-state index in [1.54, 1.807) is 0 Å². The molecule has 0 unspecified atom stereocenters. The molecule has 0 nitrogen and oxygen atoms in total. The van der Waals surface area contributed by atoms with E-state index >= 15 is 0 Å². The van der Waals surface area contributed by atoms with Crippen LogP contribution in [-0.4, -0.2) is 5.33 Å². The van der Waals surface area contributed by atoms with Gasteiger partial charge in [0.25, 0.3) is 0 Å². The van der Waals surface area contributed by atoms with Crippen LogP contribution in [0.15, 0.2) is 25.3 Å². The molecule has 0 aromatic heterocycles. The molecule has 120 valence electrons. The molecular weight excluding hydrogens is 308 g/mol. The maximum absolute atomic E-state index is 3.71. The fourth-order valence-electron chi connectivity index (χ4n) is 1.93. The quantitative estimate of drug-likeness (QED) is 0.182. The summed E-state index contributed by atoms with van der Waals surface area (Å²) in [5.41, 5.74) is 0. The molecule has 0 amide bonds. The van der Waals surface area contributed by atoms with Gasteiger partial charge in [0.05, 0.1) is 0 Å². The molecule has 0 aliphatic heterocycles. The van der Waals surface area contributed by atoms with Crippen LogP contribution < -0.4 is 0 Å². The average Bonchev–Trinajstić information content (AvgIpc) is 2.43. The van der Waals surface area contributed by atoms with Crippen LogP contribution in [0.2, 0.25) is 0 Å². The summed E-state index contributed by atoms with van der Waals surface area (Å²) < 4.78 is 0. The number of hydrogen-bond donors (Lipinski definition) is 0. The van der Waals surface area contributed by atoms with Crippen LogP contribution in [0.1, 0.15) is 84.5 Å². The highest BCUT2D eigenvalue weighted by molar-refractivity contribution is 9.09. The summed E-state index contributed by atoms with van der Waals surface area (Å²) in [6, 6.07) is 0. The average molecular weight is 345 g/mol. The van der Waals surface area contributed by atoms with Gasteiger partial charge in [-0.15, -0.1) is 13.2 Å². The Labute approximate surface area is 137 Å². The standard InChI is InChI=1S/C11H22.C8H15Br/c1-4-5-6-7-8-9-10-11(2)3;1-2-3-4-5-6-7-8-9/h4,11H,1,5-10H2,2-3H3;2H,1,3-8H2. The molecule has 0 radical (unpaired) electrons. The van der Waals surface area contributed by atoms with Gasteiger partial charge in [0.2, 0.25) is 0 Å². The maximum Gasteiger partial charge on any atom is 0.00313 e. The van der Waals surface area contributed by atoms with Gasteiger partial charge in [-0.1, -0.05) is 80.5 Å². The fraction of sp³-hybridized carbons (Fsp3) is 0.789. The summed E-state index contributed by atoms with van der Waals surface area (Å²) in [6.45, 7) is 12.0. The molecule has 0 heterocycles. The van der Waals surface area contributed by atoms with Crippen LogP contribution in [-0.2, 0) is 0 Å². The lowest BCUT2D eigenvalue weighted by Gasteiger charge is -2.02. The third-order valence-electron chi connectivity index (χ3n) is 3.23. The minimum Gasteiger partial charge on any atom is -0.103 e. The first kappa shape index (κ1) is 22.2. The van der Waals surface area contributed by atoms with Crippen molar-refractivity contribution in [2.75, 3.05) is 5.33 Å². The number of halogens is 1. The highest BCUT2D eigenvalue weighted by Gasteiger charge is 1.93. The number of unbranched alkanes of at least 4 members (excludes halogenated alkanes) is 8. The van der Waals surface area contributed by atoms with Gasteiger partial charge in [-0.05, 0) is 38.0 Å². The van der Waals surface area contributed by atoms with Gasteiger partial charge in [-0.25, -0.2) is 0 Å². The molecule has 0 N–H and O–H groups in total. The number of allylic oxidation sites excluding steroid dienone is 2. The number of alkyl halides is 1. The first-order valence-electron chi connectivity index (χ1n) is 8.46. The SMILES string of the molecule is C=CCCCCCCBr.C=CCCCCCCC(C)C. The molecule has 0 aliphatic rings. The molecule has 0 saturated carbocycles. The summed E-state index contributed by atoms with van der Waals surface area (Å²) in [6.07, 6.45) is 18.7. The topological polar surface area (TPSA) is 0 Å². The van der Waals surface area contributed by atoms with Gasteiger partial charge in [0.15, 0.2) is 0 Å². The summed E-state index contributed by atoms with van der Waals surface area (Å²) in [4.78, 5) is 0. The molecule has 0 spiro atoms. The lowest BCUT2D eigenvalue weighted by molar-refractivity contribution is 0.521. The lowest BCUT2D eigenvalue weighted by Crippen LogP contribution is -1.86. The zero-order valence-electron chi connectivity index (χ0n) is 14.0. The van der Waals surface area contributed by atoms with Crippen molar-refractivity contribution in [1.82, 2.24) is 0 Å². The zero-order chi connectivity index (χ0) is 15.5. The van der Waals surface area contributed by atoms with E-state index in [4.69, 9.17) is 0 Å². The predicted octanol–water partition coefficient (Wildman–Crippen LogP) is 7.69. The lowest BCUT2D eigenvalue weighted by atomic mass is 10.0. The third kappa shape index (κ3) is 26.5. The summed E-state index contributed by atoms with van der Waals surface area (Å²) in [5.74, 6) is 0.884. The van der Waals surface area contributed by atoms with E-state index in [9.17, 15) is 0 Å². The van der Waals surface area contributed by atoms with Crippen molar-refractivity contribution in [1.29, 1.82) is 0 Å². The maximum atomic E-state index is 3.71. The van der Waals surface area contributed by atoms with E-state index in [1.165, 1.54) is 70.6 Å². The first-order valence-corrected chi connectivity index (χ1v) is 9.58. The minimum atomic E-state index is 0.884. The van der Waals surface area contributed by atoms with Crippen molar-refractivity contribution in [3.63, 3.8) is 0 Å². The van der Waals surface area contributed by atoms with E-state index in [0.717, 1.165) is 11.2 Å². The highest BCUT2D eigenvalue weighted by atomic mass is 79.9. The van der Waals surface area contributed by atoms with Crippen LogP contribution in [0.4, 0.5) is 0 Å². The van der Waals surface area contributed by atoms with Crippen molar-refractivity contribution in [2.45, 2.75) is 84.5 Å². The van der Waals surface area contributed by atoms with Crippen LogP contribution in [0.5, 0.6) is 0 Å². The van der Waals surface area contributed by atoms with Crippen LogP contribution >= 0.6 is 15.9 Å². The van der Waals surface area contributed by atoms with E-state index in [-0.39, 0.29) is 0 Å². The normalized spacial score (nSPS) is 10.0. The number of rotatable bonds is 13. The van der Waals surface area contributed by atoms with Gasteiger partial charge in [0.1, 0.15) is 0 Å². The Kier molecular flexibility index (Phi) is 23.6. The molecule has 0 aliphatic carbocycles. The van der Waals surface area contributed by atoms with Crippen molar-refractivity contribution in [3.8, 4) is 0 Å². The Balaban J connectivity index is 0. The van der Waals surface area contributed by atoms with Gasteiger partial charge >= 0.3 is 0 Å². The molecule has 20 heavy (non-hydrogen) atoms. The van der Waals surface area contributed by atoms with Gasteiger partial charge in [-0.2, -0.15) is 0 Å². The zero-order valence-corrected chi connectivity index (χ0v) is 15.6. The van der Waals surface area contributed by atoms with Gasteiger partial charge < -0.3 is 0 Å². The van der Waals surface area contributed by atoms with Crippen molar-refractivity contribution in [3.05, 3.63) is 25.3 Å². The Bertz CT molecular complexity index is 184. The fourth-order valence-corrected chi connectivity index (χ4v) is 2.33. The highest BCUT2D eigenvalue weighted by Crippen LogP contribution is 2.10. The van der Waals surface area contributed by atoms with Crippen LogP contribution in [0.25, 0.3) is 0 Å². The molecular formula is C19H37Br. The van der Waals surface area contributed by atoms with Crippen LogP contribution in [0, 0.1) is 5.92 Å². The second-order valence-corrected chi connectivity index (χ2v) is 6.65. The Morgan fingerprint density at radius 3 is 1.60 bits per heavy atom. The largest absolute Gasteiger partial charge is 0.103 e. The third-order valence-corrected chi connectivity index (χ3v) is 3.79. The van der Waals surface area contributed by atoms with Gasteiger partial charge in [0, 0.05) is 5.33 Å². The Hall–Kier alpha value is -0.0400. The Morgan fingerprint density at radius 1 is 0.750 bits per heavy atom. The van der Waals surface area contributed by atoms with E-state index in [0.29, 0.717) is 0 Å². The predicted molar refractivity (Wildman–Crippen MR) is 99.8 cm³/mol. The number of hydrogen-bond acceptors (Lipinski definition) is 0. The second-order valence-electron chi connectivity index (χ2n) is 5.85. The first-order chi connectivity index (χ1) is 9.68. The monoisotopic (exact) mass is 344 g/mol. The van der Waals surface area contributed by atoms with Gasteiger partial charge in [-0.3, -0.25) is 0 Å². The van der Waals surface area contributed by atoms with Crippen molar-refractivity contribution >= 4 is 15.9 Å². The molecule has 0 aromatic rings. The molecule has 0 atom stereocenters. The minimum absolute atomic E-state index is 0.884.